The molecule has 1 atom stereocenters. The van der Waals surface area contributed by atoms with Gasteiger partial charge in [-0.15, -0.1) is 0 Å². The summed E-state index contributed by atoms with van der Waals surface area (Å²) in [5.74, 6) is 2.28. The normalized spacial score (nSPS) is 14.4. The number of hydrogen-bond acceptors (Lipinski definition) is 4. The molecule has 55 heavy (non-hydrogen) atoms. The van der Waals surface area contributed by atoms with Crippen molar-refractivity contribution < 1.29 is 4.42 Å². The molecule has 5 nitrogen and oxygen atoms in total. The first-order valence-corrected chi connectivity index (χ1v) is 18.8. The highest BCUT2D eigenvalue weighted by atomic mass is 16.3. The largest absolute Gasteiger partial charge is 0.455 e. The lowest BCUT2D eigenvalue weighted by Gasteiger charge is -2.17. The molecule has 1 aliphatic carbocycles. The van der Waals surface area contributed by atoms with Gasteiger partial charge >= 0.3 is 0 Å². The molecule has 260 valence electrons. The third kappa shape index (κ3) is 5.12. The van der Waals surface area contributed by atoms with Gasteiger partial charge in [0, 0.05) is 27.3 Å². The molecule has 1 unspecified atom stereocenters. The van der Waals surface area contributed by atoms with Crippen LogP contribution in [0.2, 0.25) is 0 Å². The summed E-state index contributed by atoms with van der Waals surface area (Å²) in [5.41, 5.74) is 10.2. The molecule has 0 saturated heterocycles. The Morgan fingerprint density at radius 2 is 1.24 bits per heavy atom. The monoisotopic (exact) mass is 706 g/mol. The molecule has 11 rings (SSSR count). The van der Waals surface area contributed by atoms with Gasteiger partial charge in [0.1, 0.15) is 11.2 Å². The summed E-state index contributed by atoms with van der Waals surface area (Å²) < 4.78 is 9.22. The van der Waals surface area contributed by atoms with E-state index < -0.39 is 0 Å². The minimum absolute atomic E-state index is 0.476. The number of hydrogen-bond donors (Lipinski definition) is 0. The maximum Gasteiger partial charge on any atom is 0.167 e. The molecule has 0 N–H and O–H groups in total. The molecule has 0 bridgehead atoms. The number of nitrogens with zero attached hydrogens (tertiary/aromatic N) is 4. The Bertz CT molecular complexity index is 3190. The van der Waals surface area contributed by atoms with Crippen LogP contribution in [-0.4, -0.2) is 19.5 Å². The number of rotatable bonds is 5. The lowest BCUT2D eigenvalue weighted by molar-refractivity contribution is 0.669. The van der Waals surface area contributed by atoms with E-state index in [0.29, 0.717) is 23.4 Å². The van der Waals surface area contributed by atoms with Crippen LogP contribution in [0, 0.1) is 5.92 Å². The molecule has 10 aromatic rings. The summed E-state index contributed by atoms with van der Waals surface area (Å²) in [7, 11) is 0. The highest BCUT2D eigenvalue weighted by Gasteiger charge is 2.22. The third-order valence-electron chi connectivity index (χ3n) is 11.1. The van der Waals surface area contributed by atoms with Crippen molar-refractivity contribution in [3.63, 3.8) is 0 Å². The summed E-state index contributed by atoms with van der Waals surface area (Å²) in [6.07, 6.45) is 7.66. The van der Waals surface area contributed by atoms with E-state index in [9.17, 15) is 0 Å². The van der Waals surface area contributed by atoms with Crippen LogP contribution in [0.5, 0.6) is 0 Å². The summed E-state index contributed by atoms with van der Waals surface area (Å²) in [6, 6.07) is 53.2. The first-order chi connectivity index (χ1) is 27.2. The van der Waals surface area contributed by atoms with Crippen molar-refractivity contribution in [1.82, 2.24) is 19.5 Å². The van der Waals surface area contributed by atoms with E-state index in [1.807, 2.05) is 30.3 Å². The zero-order valence-electron chi connectivity index (χ0n) is 30.1. The van der Waals surface area contributed by atoms with Gasteiger partial charge < -0.3 is 8.98 Å². The molecule has 0 radical (unpaired) electrons. The maximum atomic E-state index is 6.83. The van der Waals surface area contributed by atoms with Crippen LogP contribution >= 0.6 is 0 Å². The summed E-state index contributed by atoms with van der Waals surface area (Å²) >= 11 is 0. The Kier molecular flexibility index (Phi) is 7.14. The van der Waals surface area contributed by atoms with E-state index in [-0.39, 0.29) is 0 Å². The molecule has 0 amide bonds. The molecule has 0 fully saturated rings. The second-order valence-electron chi connectivity index (χ2n) is 14.4. The Labute approximate surface area is 317 Å². The van der Waals surface area contributed by atoms with E-state index in [0.717, 1.165) is 61.8 Å². The molecule has 3 aromatic heterocycles. The predicted molar refractivity (Wildman–Crippen MR) is 226 cm³/mol. The zero-order chi connectivity index (χ0) is 36.5. The zero-order valence-corrected chi connectivity index (χ0v) is 30.1. The van der Waals surface area contributed by atoms with Gasteiger partial charge in [0.05, 0.1) is 27.7 Å². The second kappa shape index (κ2) is 12.5. The fourth-order valence-corrected chi connectivity index (χ4v) is 8.39. The predicted octanol–water partition coefficient (Wildman–Crippen LogP) is 13.0. The SMILES string of the molecule is CC1CC=CC=C1c1ccc(-c2nc(-c3ccccc3)nc(-c3cccc4c3oc3cccc(-n5c6ccccc6c6cc7ccccc7cc65)c34)n2)cc1. The van der Waals surface area contributed by atoms with E-state index in [1.54, 1.807) is 0 Å². The molecular weight excluding hydrogens is 673 g/mol. The molecule has 7 aromatic carbocycles. The molecule has 1 aliphatic rings. The number of aromatic nitrogens is 4. The van der Waals surface area contributed by atoms with Crippen molar-refractivity contribution in [2.24, 2.45) is 5.92 Å². The fourth-order valence-electron chi connectivity index (χ4n) is 8.39. The van der Waals surface area contributed by atoms with Gasteiger partial charge in [0.25, 0.3) is 0 Å². The van der Waals surface area contributed by atoms with Crippen molar-refractivity contribution in [2.45, 2.75) is 13.3 Å². The summed E-state index contributed by atoms with van der Waals surface area (Å²) in [5, 5.41) is 6.93. The maximum absolute atomic E-state index is 6.83. The van der Waals surface area contributed by atoms with E-state index >= 15 is 0 Å². The van der Waals surface area contributed by atoms with Crippen LogP contribution in [0.1, 0.15) is 18.9 Å². The molecule has 5 heteroatoms. The molecule has 0 aliphatic heterocycles. The Morgan fingerprint density at radius 3 is 2.05 bits per heavy atom. The van der Waals surface area contributed by atoms with Gasteiger partial charge in [-0.25, -0.2) is 15.0 Å². The number of furan rings is 1. The number of para-hydroxylation sites is 2. The lowest BCUT2D eigenvalue weighted by Crippen LogP contribution is -2.02. The van der Waals surface area contributed by atoms with Gasteiger partial charge in [0.15, 0.2) is 17.5 Å². The Balaban J connectivity index is 1.11. The lowest BCUT2D eigenvalue weighted by atomic mass is 9.88. The van der Waals surface area contributed by atoms with E-state index in [2.05, 4.69) is 151 Å². The standard InChI is InChI=1S/C50H34N4O/c1-31-13-5-8-18-37(31)32-25-27-34(28-26-32)49-51-48(33-14-3-2-4-15-33)52-50(53-49)40-21-11-20-39-46-43(23-12-24-45(46)55-47(39)40)54-42-22-10-9-19-38(42)41-29-35-16-6-7-17-36(35)30-44(41)54/h2-12,14-31H,13H2,1H3. The quantitative estimate of drug-likeness (QED) is 0.179. The van der Waals surface area contributed by atoms with Gasteiger partial charge in [0.2, 0.25) is 0 Å². The number of fused-ring (bicyclic) bond motifs is 7. The van der Waals surface area contributed by atoms with Crippen LogP contribution in [0.25, 0.3) is 99.9 Å². The topological polar surface area (TPSA) is 56.7 Å². The van der Waals surface area contributed by atoms with E-state index in [1.165, 1.54) is 32.7 Å². The minimum Gasteiger partial charge on any atom is -0.455 e. The van der Waals surface area contributed by atoms with Crippen molar-refractivity contribution in [3.05, 3.63) is 175 Å². The summed E-state index contributed by atoms with van der Waals surface area (Å²) in [4.78, 5) is 15.3. The average molecular weight is 707 g/mol. The van der Waals surface area contributed by atoms with Gasteiger partial charge in [-0.3, -0.25) is 0 Å². The average Bonchev–Trinajstić information content (AvgIpc) is 3.79. The smallest absolute Gasteiger partial charge is 0.167 e. The van der Waals surface area contributed by atoms with Gasteiger partial charge in [-0.1, -0.05) is 140 Å². The van der Waals surface area contributed by atoms with Crippen molar-refractivity contribution in [2.75, 3.05) is 0 Å². The number of benzene rings is 7. The highest BCUT2D eigenvalue weighted by molar-refractivity contribution is 6.17. The van der Waals surface area contributed by atoms with Crippen LogP contribution in [0.15, 0.2) is 174 Å². The fraction of sp³-hybridized carbons (Fsp3) is 0.0600. The Morgan fingerprint density at radius 1 is 0.564 bits per heavy atom. The first-order valence-electron chi connectivity index (χ1n) is 18.8. The highest BCUT2D eigenvalue weighted by Crippen LogP contribution is 2.42. The van der Waals surface area contributed by atoms with Crippen molar-refractivity contribution in [1.29, 1.82) is 0 Å². The molecule has 0 spiro atoms. The second-order valence-corrected chi connectivity index (χ2v) is 14.4. The van der Waals surface area contributed by atoms with Crippen LogP contribution < -0.4 is 0 Å². The van der Waals surface area contributed by atoms with Crippen molar-refractivity contribution >= 4 is 60.1 Å². The van der Waals surface area contributed by atoms with Crippen LogP contribution in [0.3, 0.4) is 0 Å². The van der Waals surface area contributed by atoms with E-state index in [4.69, 9.17) is 19.4 Å². The summed E-state index contributed by atoms with van der Waals surface area (Å²) in [6.45, 7) is 2.28. The van der Waals surface area contributed by atoms with Crippen LogP contribution in [0.4, 0.5) is 0 Å². The van der Waals surface area contributed by atoms with Crippen LogP contribution in [-0.2, 0) is 0 Å². The number of allylic oxidation sites excluding steroid dienone is 4. The van der Waals surface area contributed by atoms with Crippen molar-refractivity contribution in [3.8, 4) is 39.9 Å². The minimum atomic E-state index is 0.476. The molecule has 0 saturated carbocycles. The molecular formula is C50H34N4O. The first kappa shape index (κ1) is 31.4. The molecule has 3 heterocycles. The third-order valence-corrected chi connectivity index (χ3v) is 11.1. The van der Waals surface area contributed by atoms with Gasteiger partial charge in [-0.2, -0.15) is 0 Å². The van der Waals surface area contributed by atoms with Gasteiger partial charge in [-0.05, 0) is 70.6 Å². The Hall–Kier alpha value is -7.11.